The highest BCUT2D eigenvalue weighted by molar-refractivity contribution is 6.32. The second-order valence-electron chi connectivity index (χ2n) is 7.06. The molecule has 3 aromatic rings. The van der Waals surface area contributed by atoms with E-state index in [2.05, 4.69) is 15.1 Å². The molecule has 5 rings (SSSR count). The molecule has 0 bridgehead atoms. The van der Waals surface area contributed by atoms with Crippen LogP contribution >= 0.6 is 11.6 Å². The highest BCUT2D eigenvalue weighted by Crippen LogP contribution is 2.53. The lowest BCUT2D eigenvalue weighted by atomic mass is 9.95. The maximum atomic E-state index is 6.14. The van der Waals surface area contributed by atoms with Crippen LogP contribution in [0.15, 0.2) is 33.3 Å². The summed E-state index contributed by atoms with van der Waals surface area (Å²) < 4.78 is 16.7. The summed E-state index contributed by atoms with van der Waals surface area (Å²) in [6, 6.07) is 5.80. The van der Waals surface area contributed by atoms with Gasteiger partial charge >= 0.3 is 0 Å². The predicted molar refractivity (Wildman–Crippen MR) is 93.6 cm³/mol. The van der Waals surface area contributed by atoms with Gasteiger partial charge in [-0.1, -0.05) is 22.8 Å². The summed E-state index contributed by atoms with van der Waals surface area (Å²) in [6.07, 6.45) is 6.52. The van der Waals surface area contributed by atoms with Crippen LogP contribution in [0, 0.1) is 0 Å². The third-order valence-electron chi connectivity index (χ3n) is 5.16. The van der Waals surface area contributed by atoms with Crippen LogP contribution in [0.1, 0.15) is 60.5 Å². The van der Waals surface area contributed by atoms with Crippen molar-refractivity contribution in [3.63, 3.8) is 0 Å². The fourth-order valence-corrected chi connectivity index (χ4v) is 3.50. The maximum absolute atomic E-state index is 6.14. The van der Waals surface area contributed by atoms with Gasteiger partial charge in [0.15, 0.2) is 11.7 Å². The molecular formula is C19H18ClN3O3. The van der Waals surface area contributed by atoms with Gasteiger partial charge in [0.2, 0.25) is 5.89 Å². The van der Waals surface area contributed by atoms with Crippen molar-refractivity contribution in [1.29, 1.82) is 0 Å². The van der Waals surface area contributed by atoms with E-state index in [1.165, 1.54) is 12.8 Å². The smallest absolute Gasteiger partial charge is 0.237 e. The van der Waals surface area contributed by atoms with Crippen molar-refractivity contribution >= 4 is 11.6 Å². The van der Waals surface area contributed by atoms with Crippen LogP contribution in [0.2, 0.25) is 5.02 Å². The Hall–Kier alpha value is -2.34. The van der Waals surface area contributed by atoms with Crippen molar-refractivity contribution in [2.75, 3.05) is 7.11 Å². The van der Waals surface area contributed by atoms with Crippen molar-refractivity contribution in [3.05, 3.63) is 58.3 Å². The Morgan fingerprint density at radius 2 is 2.15 bits per heavy atom. The van der Waals surface area contributed by atoms with E-state index in [1.807, 2.05) is 18.2 Å². The Labute approximate surface area is 155 Å². The van der Waals surface area contributed by atoms with Gasteiger partial charge in [0.05, 0.1) is 30.2 Å². The first-order valence-corrected chi connectivity index (χ1v) is 9.17. The van der Waals surface area contributed by atoms with Gasteiger partial charge in [-0.15, -0.1) is 0 Å². The number of benzene rings is 1. The van der Waals surface area contributed by atoms with Gasteiger partial charge in [0.25, 0.3) is 0 Å². The fraction of sp³-hybridized carbons (Fsp3) is 0.421. The molecule has 0 spiro atoms. The highest BCUT2D eigenvalue weighted by Gasteiger charge is 2.51. The van der Waals surface area contributed by atoms with Crippen LogP contribution in [0.4, 0.5) is 0 Å². The number of ether oxygens (including phenoxy) is 1. The lowest BCUT2D eigenvalue weighted by Crippen LogP contribution is -2.09. The van der Waals surface area contributed by atoms with Crippen LogP contribution in [-0.4, -0.2) is 22.2 Å². The average Bonchev–Trinajstić information content (AvgIpc) is 3.57. The van der Waals surface area contributed by atoms with Gasteiger partial charge in [-0.3, -0.25) is 0 Å². The minimum absolute atomic E-state index is 0.232. The van der Waals surface area contributed by atoms with E-state index in [4.69, 9.17) is 25.3 Å². The van der Waals surface area contributed by atoms with E-state index in [0.29, 0.717) is 34.8 Å². The lowest BCUT2D eigenvalue weighted by Gasteiger charge is -2.12. The summed E-state index contributed by atoms with van der Waals surface area (Å²) in [4.78, 5) is 8.96. The van der Waals surface area contributed by atoms with Gasteiger partial charge in [0, 0.05) is 5.92 Å². The molecule has 2 heterocycles. The van der Waals surface area contributed by atoms with Gasteiger partial charge in [0.1, 0.15) is 11.5 Å². The molecule has 0 amide bonds. The van der Waals surface area contributed by atoms with Crippen molar-refractivity contribution in [2.45, 2.75) is 43.4 Å². The molecule has 6 nitrogen and oxygen atoms in total. The number of halogens is 1. The summed E-state index contributed by atoms with van der Waals surface area (Å²) in [5.41, 5.74) is 0.855. The van der Waals surface area contributed by atoms with E-state index in [-0.39, 0.29) is 5.41 Å². The number of rotatable bonds is 6. The summed E-state index contributed by atoms with van der Waals surface area (Å²) in [6.45, 7) is 0. The summed E-state index contributed by atoms with van der Waals surface area (Å²) >= 11 is 6.14. The number of aromatic nitrogens is 3. The first-order valence-electron chi connectivity index (χ1n) is 8.80. The number of oxazole rings is 1. The molecule has 1 aromatic carbocycles. The number of hydrogen-bond donors (Lipinski definition) is 0. The quantitative estimate of drug-likeness (QED) is 0.644. The van der Waals surface area contributed by atoms with E-state index < -0.39 is 0 Å². The Balaban J connectivity index is 1.38. The standard InChI is InChI=1S/C19H18ClN3O3/c1-24-15-8-12(4-5-14(15)20)19(6-7-19)18-22-16(23-26-18)9-13-10-21-17(25-13)11-2-3-11/h4-5,8,10-11H,2-3,6-7,9H2,1H3. The van der Waals surface area contributed by atoms with Crippen LogP contribution in [0.3, 0.4) is 0 Å². The zero-order valence-electron chi connectivity index (χ0n) is 14.4. The molecular weight excluding hydrogens is 354 g/mol. The third kappa shape index (κ3) is 2.69. The average molecular weight is 372 g/mol. The van der Waals surface area contributed by atoms with Crippen LogP contribution < -0.4 is 4.74 Å². The van der Waals surface area contributed by atoms with Crippen LogP contribution in [0.5, 0.6) is 5.75 Å². The predicted octanol–water partition coefficient (Wildman–Crippen LogP) is 4.27. The van der Waals surface area contributed by atoms with E-state index in [9.17, 15) is 0 Å². The molecule has 0 N–H and O–H groups in total. The topological polar surface area (TPSA) is 74.2 Å². The molecule has 26 heavy (non-hydrogen) atoms. The van der Waals surface area contributed by atoms with Crippen molar-refractivity contribution in [2.24, 2.45) is 0 Å². The molecule has 0 atom stereocenters. The Morgan fingerprint density at radius 1 is 1.31 bits per heavy atom. The molecule has 2 saturated carbocycles. The second kappa shape index (κ2) is 5.84. The molecule has 2 aliphatic rings. The zero-order chi connectivity index (χ0) is 17.7. The van der Waals surface area contributed by atoms with E-state index in [1.54, 1.807) is 13.3 Å². The number of nitrogens with zero attached hydrogens (tertiary/aromatic N) is 3. The van der Waals surface area contributed by atoms with Gasteiger partial charge in [-0.2, -0.15) is 4.98 Å². The molecule has 134 valence electrons. The molecule has 2 aliphatic carbocycles. The first kappa shape index (κ1) is 15.9. The summed E-state index contributed by atoms with van der Waals surface area (Å²) in [7, 11) is 1.61. The molecule has 7 heteroatoms. The third-order valence-corrected chi connectivity index (χ3v) is 5.47. The van der Waals surface area contributed by atoms with Crippen molar-refractivity contribution < 1.29 is 13.7 Å². The first-order chi connectivity index (χ1) is 12.7. The number of hydrogen-bond acceptors (Lipinski definition) is 6. The van der Waals surface area contributed by atoms with Gasteiger partial charge in [-0.25, -0.2) is 4.98 Å². The molecule has 0 radical (unpaired) electrons. The Kier molecular flexibility index (Phi) is 3.57. The van der Waals surface area contributed by atoms with E-state index >= 15 is 0 Å². The minimum Gasteiger partial charge on any atom is -0.495 e. The second-order valence-corrected chi connectivity index (χ2v) is 7.47. The van der Waals surface area contributed by atoms with Crippen LogP contribution in [-0.2, 0) is 11.8 Å². The zero-order valence-corrected chi connectivity index (χ0v) is 15.1. The monoisotopic (exact) mass is 371 g/mol. The maximum Gasteiger partial charge on any atom is 0.237 e. The van der Waals surface area contributed by atoms with Crippen molar-refractivity contribution in [3.8, 4) is 5.75 Å². The SMILES string of the molecule is COc1cc(C2(c3nc(Cc4cnc(C5CC5)o4)no3)CC2)ccc1Cl. The van der Waals surface area contributed by atoms with Crippen LogP contribution in [0.25, 0.3) is 0 Å². The molecule has 0 unspecified atom stereocenters. The van der Waals surface area contributed by atoms with E-state index in [0.717, 1.165) is 30.1 Å². The largest absolute Gasteiger partial charge is 0.495 e. The molecule has 2 fully saturated rings. The minimum atomic E-state index is -0.232. The fourth-order valence-electron chi connectivity index (χ4n) is 3.31. The lowest BCUT2D eigenvalue weighted by molar-refractivity contribution is 0.354. The van der Waals surface area contributed by atoms with Gasteiger partial charge < -0.3 is 13.7 Å². The van der Waals surface area contributed by atoms with Gasteiger partial charge in [-0.05, 0) is 43.4 Å². The molecule has 0 aliphatic heterocycles. The molecule has 0 saturated heterocycles. The Morgan fingerprint density at radius 3 is 2.88 bits per heavy atom. The number of methoxy groups -OCH3 is 1. The van der Waals surface area contributed by atoms with Crippen molar-refractivity contribution in [1.82, 2.24) is 15.1 Å². The summed E-state index contributed by atoms with van der Waals surface area (Å²) in [5.74, 6) is 4.01. The molecule has 2 aromatic heterocycles. The highest BCUT2D eigenvalue weighted by atomic mass is 35.5. The Bertz CT molecular complexity index is 957. The summed E-state index contributed by atoms with van der Waals surface area (Å²) in [5, 5.41) is 4.73. The normalized spacial score (nSPS) is 18.1.